The average molecular weight is 250 g/mol. The first-order valence-electron chi connectivity index (χ1n) is 6.83. The van der Waals surface area contributed by atoms with Crippen molar-refractivity contribution in [2.75, 3.05) is 0 Å². The second kappa shape index (κ2) is 4.65. The van der Waals surface area contributed by atoms with E-state index in [1.54, 1.807) is 0 Å². The Balaban J connectivity index is 1.80. The lowest BCUT2D eigenvalue weighted by atomic mass is 9.98. The maximum atomic E-state index is 12.5. The minimum atomic E-state index is 0.184. The van der Waals surface area contributed by atoms with E-state index >= 15 is 0 Å². The molecule has 1 saturated carbocycles. The third kappa shape index (κ3) is 2.33. The van der Waals surface area contributed by atoms with Crippen LogP contribution in [0, 0.1) is 19.8 Å². The molecule has 0 saturated heterocycles. The maximum absolute atomic E-state index is 12.5. The molecule has 2 unspecified atom stereocenters. The highest BCUT2D eigenvalue weighted by atomic mass is 16.1. The average Bonchev–Trinajstić information content (AvgIpc) is 3.19. The number of hydrogen-bond donors (Lipinski definition) is 0. The van der Waals surface area contributed by atoms with Crippen molar-refractivity contribution in [2.45, 2.75) is 26.2 Å². The zero-order chi connectivity index (χ0) is 13.4. The van der Waals surface area contributed by atoms with Crippen LogP contribution in [0.4, 0.5) is 0 Å². The van der Waals surface area contributed by atoms with Crippen molar-refractivity contribution in [1.82, 2.24) is 0 Å². The lowest BCUT2D eigenvalue weighted by Gasteiger charge is -2.06. The van der Waals surface area contributed by atoms with Gasteiger partial charge in [0.1, 0.15) is 0 Å². The minimum absolute atomic E-state index is 0.184. The molecule has 0 aliphatic heterocycles. The normalized spacial score (nSPS) is 21.2. The van der Waals surface area contributed by atoms with Crippen molar-refractivity contribution in [1.29, 1.82) is 0 Å². The Hall–Kier alpha value is -1.89. The molecule has 1 aliphatic carbocycles. The summed E-state index contributed by atoms with van der Waals surface area (Å²) in [5.74, 6) is 0.921. The summed E-state index contributed by atoms with van der Waals surface area (Å²) in [6, 6.07) is 16.5. The zero-order valence-corrected chi connectivity index (χ0v) is 11.4. The van der Waals surface area contributed by atoms with Crippen LogP contribution in [-0.4, -0.2) is 5.78 Å². The largest absolute Gasteiger partial charge is 0.294 e. The first-order valence-corrected chi connectivity index (χ1v) is 6.83. The standard InChI is InChI=1S/C18H18O/c1-12-8-9-15(13(2)10-12)18(19)17-11-16(17)14-6-4-3-5-7-14/h3-10,16-17H,11H2,1-2H3. The summed E-state index contributed by atoms with van der Waals surface area (Å²) in [6.07, 6.45) is 0.996. The van der Waals surface area contributed by atoms with E-state index in [0.29, 0.717) is 11.7 Å². The van der Waals surface area contributed by atoms with Crippen LogP contribution in [0.2, 0.25) is 0 Å². The van der Waals surface area contributed by atoms with E-state index < -0.39 is 0 Å². The molecule has 3 rings (SSSR count). The Bertz CT molecular complexity index is 613. The molecule has 2 aromatic carbocycles. The van der Waals surface area contributed by atoms with Gasteiger partial charge in [-0.15, -0.1) is 0 Å². The number of ketones is 1. The van der Waals surface area contributed by atoms with Crippen LogP contribution in [0.1, 0.15) is 39.4 Å². The molecule has 2 aromatic rings. The number of carbonyl (C=O) groups is 1. The summed E-state index contributed by atoms with van der Waals surface area (Å²) in [7, 11) is 0. The first kappa shape index (κ1) is 12.2. The van der Waals surface area contributed by atoms with Crippen LogP contribution in [0.5, 0.6) is 0 Å². The van der Waals surface area contributed by atoms with Crippen LogP contribution in [-0.2, 0) is 0 Å². The number of aryl methyl sites for hydroxylation is 2. The van der Waals surface area contributed by atoms with Gasteiger partial charge in [0.2, 0.25) is 0 Å². The third-order valence-corrected chi connectivity index (χ3v) is 4.00. The van der Waals surface area contributed by atoms with Gasteiger partial charge in [-0.2, -0.15) is 0 Å². The maximum Gasteiger partial charge on any atom is 0.166 e. The Morgan fingerprint density at radius 3 is 2.47 bits per heavy atom. The van der Waals surface area contributed by atoms with Gasteiger partial charge >= 0.3 is 0 Å². The van der Waals surface area contributed by atoms with Crippen LogP contribution < -0.4 is 0 Å². The van der Waals surface area contributed by atoms with Gasteiger partial charge in [-0.1, -0.05) is 54.1 Å². The van der Waals surface area contributed by atoms with Gasteiger partial charge < -0.3 is 0 Å². The predicted octanol–water partition coefficient (Wildman–Crippen LogP) is 4.29. The van der Waals surface area contributed by atoms with E-state index in [4.69, 9.17) is 0 Å². The van der Waals surface area contributed by atoms with Crippen LogP contribution >= 0.6 is 0 Å². The van der Waals surface area contributed by atoms with Crippen molar-refractivity contribution in [3.8, 4) is 0 Å². The van der Waals surface area contributed by atoms with Crippen LogP contribution in [0.15, 0.2) is 48.5 Å². The van der Waals surface area contributed by atoms with Gasteiger partial charge in [-0.05, 0) is 37.3 Å². The molecule has 19 heavy (non-hydrogen) atoms. The first-order chi connectivity index (χ1) is 9.16. The molecular weight excluding hydrogens is 232 g/mol. The fourth-order valence-electron chi connectivity index (χ4n) is 2.84. The fourth-order valence-corrected chi connectivity index (χ4v) is 2.84. The topological polar surface area (TPSA) is 17.1 Å². The third-order valence-electron chi connectivity index (χ3n) is 4.00. The lowest BCUT2D eigenvalue weighted by Crippen LogP contribution is -2.05. The Kier molecular flexibility index (Phi) is 2.98. The van der Waals surface area contributed by atoms with E-state index in [1.165, 1.54) is 11.1 Å². The number of carbonyl (C=O) groups excluding carboxylic acids is 1. The Labute approximate surface area is 114 Å². The Morgan fingerprint density at radius 2 is 1.79 bits per heavy atom. The minimum Gasteiger partial charge on any atom is -0.294 e. The second-order valence-corrected chi connectivity index (χ2v) is 5.54. The van der Waals surface area contributed by atoms with E-state index in [0.717, 1.165) is 17.5 Å². The number of Topliss-reactive ketones (excluding diaryl/α,β-unsaturated/α-hetero) is 1. The summed E-state index contributed by atoms with van der Waals surface area (Å²) >= 11 is 0. The SMILES string of the molecule is Cc1ccc(C(=O)C2CC2c2ccccc2)c(C)c1. The Morgan fingerprint density at radius 1 is 1.05 bits per heavy atom. The van der Waals surface area contributed by atoms with E-state index in [-0.39, 0.29) is 5.92 Å². The molecular formula is C18H18O. The number of benzene rings is 2. The lowest BCUT2D eigenvalue weighted by molar-refractivity contribution is 0.0964. The quantitative estimate of drug-likeness (QED) is 0.743. The van der Waals surface area contributed by atoms with Crippen molar-refractivity contribution in [3.63, 3.8) is 0 Å². The molecule has 0 amide bonds. The van der Waals surface area contributed by atoms with E-state index in [9.17, 15) is 4.79 Å². The molecule has 1 nitrogen and oxygen atoms in total. The monoisotopic (exact) mass is 250 g/mol. The molecule has 0 bridgehead atoms. The molecule has 0 aromatic heterocycles. The molecule has 1 aliphatic rings. The molecule has 1 fully saturated rings. The summed E-state index contributed by atoms with van der Waals surface area (Å²) in [5, 5.41) is 0. The molecule has 96 valence electrons. The molecule has 0 N–H and O–H groups in total. The summed E-state index contributed by atoms with van der Waals surface area (Å²) in [4.78, 5) is 12.5. The molecule has 2 atom stereocenters. The van der Waals surface area contributed by atoms with Crippen molar-refractivity contribution in [3.05, 3.63) is 70.8 Å². The zero-order valence-electron chi connectivity index (χ0n) is 11.4. The predicted molar refractivity (Wildman–Crippen MR) is 77.5 cm³/mol. The molecule has 1 heteroatoms. The van der Waals surface area contributed by atoms with Gasteiger partial charge in [-0.3, -0.25) is 4.79 Å². The highest BCUT2D eigenvalue weighted by molar-refractivity contribution is 6.01. The van der Waals surface area contributed by atoms with Crippen LogP contribution in [0.3, 0.4) is 0 Å². The molecule has 0 radical (unpaired) electrons. The number of rotatable bonds is 3. The van der Waals surface area contributed by atoms with Crippen LogP contribution in [0.25, 0.3) is 0 Å². The fraction of sp³-hybridized carbons (Fsp3) is 0.278. The number of hydrogen-bond acceptors (Lipinski definition) is 1. The van der Waals surface area contributed by atoms with Crippen molar-refractivity contribution in [2.24, 2.45) is 5.92 Å². The van der Waals surface area contributed by atoms with Crippen molar-refractivity contribution < 1.29 is 4.79 Å². The van der Waals surface area contributed by atoms with E-state index in [2.05, 4.69) is 25.1 Å². The highest BCUT2D eigenvalue weighted by Crippen LogP contribution is 2.49. The van der Waals surface area contributed by atoms with Gasteiger partial charge in [0.15, 0.2) is 5.78 Å². The van der Waals surface area contributed by atoms with E-state index in [1.807, 2.05) is 37.3 Å². The van der Waals surface area contributed by atoms with Crippen molar-refractivity contribution >= 4 is 5.78 Å². The second-order valence-electron chi connectivity index (χ2n) is 5.54. The molecule has 0 spiro atoms. The smallest absolute Gasteiger partial charge is 0.166 e. The highest BCUT2D eigenvalue weighted by Gasteiger charge is 2.44. The molecule has 0 heterocycles. The van der Waals surface area contributed by atoms with Gasteiger partial charge in [-0.25, -0.2) is 0 Å². The summed E-state index contributed by atoms with van der Waals surface area (Å²) < 4.78 is 0. The summed E-state index contributed by atoms with van der Waals surface area (Å²) in [5.41, 5.74) is 4.51. The summed E-state index contributed by atoms with van der Waals surface area (Å²) in [6.45, 7) is 4.09. The van der Waals surface area contributed by atoms with Gasteiger partial charge in [0.05, 0.1) is 0 Å². The van der Waals surface area contributed by atoms with Gasteiger partial charge in [0, 0.05) is 11.5 Å². The van der Waals surface area contributed by atoms with Gasteiger partial charge in [0.25, 0.3) is 0 Å².